The molecule has 100 valence electrons. The fourth-order valence-corrected chi connectivity index (χ4v) is 4.74. The lowest BCUT2D eigenvalue weighted by Gasteiger charge is -2.33. The van der Waals surface area contributed by atoms with Gasteiger partial charge in [0, 0.05) is 18.7 Å². The van der Waals surface area contributed by atoms with Crippen molar-refractivity contribution in [3.63, 3.8) is 0 Å². The molecule has 0 bridgehead atoms. The zero-order valence-corrected chi connectivity index (χ0v) is 11.1. The topological polar surface area (TPSA) is 66.4 Å². The maximum absolute atomic E-state index is 11.5. The molecule has 1 aliphatic carbocycles. The molecule has 5 heteroatoms. The van der Waals surface area contributed by atoms with Crippen molar-refractivity contribution >= 4 is 9.84 Å². The molecule has 0 aromatic carbocycles. The van der Waals surface area contributed by atoms with Gasteiger partial charge in [0.2, 0.25) is 0 Å². The average Bonchev–Trinajstić information content (AvgIpc) is 2.28. The fourth-order valence-electron chi connectivity index (χ4n) is 3.10. The Morgan fingerprint density at radius 1 is 1.12 bits per heavy atom. The lowest BCUT2D eigenvalue weighted by molar-refractivity contribution is 0.166. The van der Waals surface area contributed by atoms with E-state index in [2.05, 4.69) is 5.32 Å². The first-order valence-electron chi connectivity index (χ1n) is 6.66. The minimum absolute atomic E-state index is 0.135. The summed E-state index contributed by atoms with van der Waals surface area (Å²) in [7, 11) is -2.81. The van der Waals surface area contributed by atoms with E-state index in [-0.39, 0.29) is 12.6 Å². The highest BCUT2D eigenvalue weighted by molar-refractivity contribution is 7.91. The number of sulfone groups is 1. The molecule has 0 amide bonds. The molecule has 1 heterocycles. The van der Waals surface area contributed by atoms with Gasteiger partial charge < -0.3 is 10.4 Å². The van der Waals surface area contributed by atoms with Gasteiger partial charge in [-0.15, -0.1) is 0 Å². The van der Waals surface area contributed by atoms with Gasteiger partial charge in [0.1, 0.15) is 0 Å². The minimum Gasteiger partial charge on any atom is -0.396 e. The Morgan fingerprint density at radius 2 is 1.88 bits per heavy atom. The molecular formula is C12H23NO3S. The second kappa shape index (κ2) is 5.67. The summed E-state index contributed by atoms with van der Waals surface area (Å²) in [6, 6.07) is 0.537. The first kappa shape index (κ1) is 13.3. The lowest BCUT2D eigenvalue weighted by Crippen LogP contribution is -2.47. The number of hydrogen-bond donors (Lipinski definition) is 2. The van der Waals surface area contributed by atoms with Crippen molar-refractivity contribution in [1.29, 1.82) is 0 Å². The molecule has 2 rings (SSSR count). The molecule has 1 aliphatic heterocycles. The Balaban J connectivity index is 1.84. The third-order valence-corrected chi connectivity index (χ3v) is 5.80. The van der Waals surface area contributed by atoms with Crippen LogP contribution in [0.5, 0.6) is 0 Å². The molecular weight excluding hydrogens is 238 g/mol. The molecule has 0 aromatic rings. The van der Waals surface area contributed by atoms with Crippen LogP contribution in [0, 0.1) is 5.92 Å². The van der Waals surface area contributed by atoms with Crippen molar-refractivity contribution in [2.45, 2.75) is 50.6 Å². The third-order valence-electron chi connectivity index (χ3n) is 3.98. The summed E-state index contributed by atoms with van der Waals surface area (Å²) in [6.45, 7) is 0.265. The van der Waals surface area contributed by atoms with Gasteiger partial charge in [0.05, 0.1) is 11.5 Å². The molecule has 2 fully saturated rings. The molecule has 1 saturated carbocycles. The molecule has 4 nitrogen and oxygen atoms in total. The quantitative estimate of drug-likeness (QED) is 0.785. The second-order valence-corrected chi connectivity index (χ2v) is 7.76. The van der Waals surface area contributed by atoms with Crippen LogP contribution in [0.15, 0.2) is 0 Å². The smallest absolute Gasteiger partial charge is 0.151 e. The van der Waals surface area contributed by atoms with E-state index >= 15 is 0 Å². The summed E-state index contributed by atoms with van der Waals surface area (Å²) in [6.07, 6.45) is 6.12. The van der Waals surface area contributed by atoms with Crippen LogP contribution in [0.25, 0.3) is 0 Å². The highest BCUT2D eigenvalue weighted by atomic mass is 32.2. The van der Waals surface area contributed by atoms with Crippen molar-refractivity contribution in [2.24, 2.45) is 5.92 Å². The van der Waals surface area contributed by atoms with Gasteiger partial charge in [-0.25, -0.2) is 8.42 Å². The van der Waals surface area contributed by atoms with Crippen LogP contribution >= 0.6 is 0 Å². The van der Waals surface area contributed by atoms with Crippen LogP contribution in [0.2, 0.25) is 0 Å². The van der Waals surface area contributed by atoms with Crippen molar-refractivity contribution < 1.29 is 13.5 Å². The highest BCUT2D eigenvalue weighted by Gasteiger charge is 2.28. The average molecular weight is 261 g/mol. The Labute approximate surface area is 104 Å². The van der Waals surface area contributed by atoms with E-state index in [1.807, 2.05) is 0 Å². The van der Waals surface area contributed by atoms with Gasteiger partial charge in [-0.05, 0) is 38.0 Å². The monoisotopic (exact) mass is 261 g/mol. The van der Waals surface area contributed by atoms with Gasteiger partial charge in [-0.1, -0.05) is 6.42 Å². The fraction of sp³-hybridized carbons (Fsp3) is 1.00. The predicted molar refractivity (Wildman–Crippen MR) is 67.6 cm³/mol. The summed E-state index contributed by atoms with van der Waals surface area (Å²) < 4.78 is 23.1. The summed E-state index contributed by atoms with van der Waals surface area (Å²) >= 11 is 0. The number of nitrogens with one attached hydrogen (secondary N) is 1. The Bertz CT molecular complexity index is 342. The predicted octanol–water partition coefficient (Wildman–Crippen LogP) is 0.704. The van der Waals surface area contributed by atoms with Crippen LogP contribution in [-0.4, -0.2) is 43.7 Å². The molecule has 2 N–H and O–H groups in total. The minimum atomic E-state index is -2.81. The van der Waals surface area contributed by atoms with Crippen LogP contribution in [0.4, 0.5) is 0 Å². The zero-order valence-electron chi connectivity index (χ0n) is 10.3. The molecule has 0 spiro atoms. The second-order valence-electron chi connectivity index (χ2n) is 5.53. The highest BCUT2D eigenvalue weighted by Crippen LogP contribution is 2.25. The summed E-state index contributed by atoms with van der Waals surface area (Å²) in [5, 5.41) is 12.7. The van der Waals surface area contributed by atoms with E-state index in [0.29, 0.717) is 23.5 Å². The van der Waals surface area contributed by atoms with Crippen molar-refractivity contribution in [2.75, 3.05) is 18.1 Å². The van der Waals surface area contributed by atoms with E-state index < -0.39 is 9.84 Å². The van der Waals surface area contributed by atoms with E-state index in [9.17, 15) is 13.5 Å². The normalized spacial score (nSPS) is 37.8. The Hall–Kier alpha value is -0.130. The number of rotatable bonds is 3. The Morgan fingerprint density at radius 3 is 2.59 bits per heavy atom. The van der Waals surface area contributed by atoms with E-state index in [1.165, 1.54) is 0 Å². The van der Waals surface area contributed by atoms with Crippen LogP contribution in [-0.2, 0) is 9.84 Å². The van der Waals surface area contributed by atoms with Crippen molar-refractivity contribution in [3.8, 4) is 0 Å². The zero-order chi connectivity index (χ0) is 12.3. The maximum atomic E-state index is 11.5. The van der Waals surface area contributed by atoms with Crippen LogP contribution < -0.4 is 5.32 Å². The molecule has 3 unspecified atom stereocenters. The van der Waals surface area contributed by atoms with Crippen molar-refractivity contribution in [3.05, 3.63) is 0 Å². The molecule has 1 saturated heterocycles. The van der Waals surface area contributed by atoms with E-state index in [1.54, 1.807) is 0 Å². The van der Waals surface area contributed by atoms with E-state index in [4.69, 9.17) is 0 Å². The van der Waals surface area contributed by atoms with E-state index in [0.717, 1.165) is 38.5 Å². The van der Waals surface area contributed by atoms with Gasteiger partial charge in [-0.3, -0.25) is 0 Å². The summed E-state index contributed by atoms with van der Waals surface area (Å²) in [4.78, 5) is 0. The first-order valence-corrected chi connectivity index (χ1v) is 8.48. The molecule has 2 aliphatic rings. The third kappa shape index (κ3) is 3.93. The number of aliphatic hydroxyl groups is 1. The SMILES string of the molecule is O=S1(=O)CCCC(NC2CCCC(CO)C2)C1. The summed E-state index contributed by atoms with van der Waals surface area (Å²) in [5.74, 6) is 1.06. The number of aliphatic hydroxyl groups excluding tert-OH is 1. The van der Waals surface area contributed by atoms with Gasteiger partial charge in [-0.2, -0.15) is 0 Å². The molecule has 17 heavy (non-hydrogen) atoms. The standard InChI is InChI=1S/C12H23NO3S/c14-8-10-3-1-4-11(7-10)13-12-5-2-6-17(15,16)9-12/h10-14H,1-9H2. The van der Waals surface area contributed by atoms with Gasteiger partial charge >= 0.3 is 0 Å². The van der Waals surface area contributed by atoms with Crippen LogP contribution in [0.1, 0.15) is 38.5 Å². The Kier molecular flexibility index (Phi) is 4.44. The largest absolute Gasteiger partial charge is 0.396 e. The molecule has 0 radical (unpaired) electrons. The maximum Gasteiger partial charge on any atom is 0.151 e. The molecule has 0 aromatic heterocycles. The summed E-state index contributed by atoms with van der Waals surface area (Å²) in [5.41, 5.74) is 0. The van der Waals surface area contributed by atoms with Gasteiger partial charge in [0.15, 0.2) is 9.84 Å². The van der Waals surface area contributed by atoms with Crippen molar-refractivity contribution in [1.82, 2.24) is 5.32 Å². The molecule has 3 atom stereocenters. The first-order chi connectivity index (χ1) is 8.09. The lowest BCUT2D eigenvalue weighted by atomic mass is 9.86. The van der Waals surface area contributed by atoms with Gasteiger partial charge in [0.25, 0.3) is 0 Å². The number of hydrogen-bond acceptors (Lipinski definition) is 4. The van der Waals surface area contributed by atoms with Crippen LogP contribution in [0.3, 0.4) is 0 Å².